The molecule has 0 aromatic rings. The summed E-state index contributed by atoms with van der Waals surface area (Å²) in [5, 5.41) is 0. The summed E-state index contributed by atoms with van der Waals surface area (Å²) in [5.41, 5.74) is 1.20. The number of ether oxygens (including phenoxy) is 1. The molecule has 0 aromatic carbocycles. The number of amides is 2. The lowest BCUT2D eigenvalue weighted by atomic mass is 9.65. The molecule has 3 aliphatic heterocycles. The Bertz CT molecular complexity index is 661. The van der Waals surface area contributed by atoms with Gasteiger partial charge in [-0.3, -0.25) is 14.4 Å². The number of carbonyl (C=O) groups is 3. The number of hydrogen-bond acceptors (Lipinski definition) is 4. The summed E-state index contributed by atoms with van der Waals surface area (Å²) in [4.78, 5) is 42.9. The maximum atomic E-state index is 13.3. The Morgan fingerprint density at radius 2 is 1.85 bits per heavy atom. The second kappa shape index (κ2) is 6.71. The first-order valence-corrected chi connectivity index (χ1v) is 10.1. The Balaban J connectivity index is 1.73. The Hall–Kier alpha value is -1.85. The Kier molecular flexibility index (Phi) is 4.53. The fraction of sp³-hybridized carbons (Fsp3) is 0.750. The van der Waals surface area contributed by atoms with Gasteiger partial charge in [-0.15, -0.1) is 0 Å². The summed E-state index contributed by atoms with van der Waals surface area (Å²) in [6, 6.07) is 0. The van der Waals surface area contributed by atoms with E-state index in [0.717, 1.165) is 57.3 Å². The molecule has 0 bridgehead atoms. The summed E-state index contributed by atoms with van der Waals surface area (Å²) in [6.45, 7) is 4.29. The van der Waals surface area contributed by atoms with Gasteiger partial charge in [0.05, 0.1) is 12.5 Å². The van der Waals surface area contributed by atoms with Gasteiger partial charge in [0.1, 0.15) is 5.41 Å². The summed E-state index contributed by atoms with van der Waals surface area (Å²) >= 11 is 0. The predicted octanol–water partition coefficient (Wildman–Crippen LogP) is 2.24. The number of esters is 1. The van der Waals surface area contributed by atoms with Gasteiger partial charge in [0.2, 0.25) is 11.8 Å². The molecular formula is C20H28N2O4. The molecule has 0 aromatic heterocycles. The average Bonchev–Trinajstić information content (AvgIpc) is 3.26. The SMILES string of the molecule is CCOC(=O)[C@@]12CCCC3=C1N(CCC3)C(=O)[C@H]2CC(=O)N1CCCC1. The summed E-state index contributed by atoms with van der Waals surface area (Å²) in [6.07, 6.45) is 6.52. The zero-order chi connectivity index (χ0) is 18.3. The van der Waals surface area contributed by atoms with Crippen LogP contribution in [-0.2, 0) is 19.1 Å². The zero-order valence-corrected chi connectivity index (χ0v) is 15.6. The number of nitrogens with zero attached hydrogens (tertiary/aromatic N) is 2. The molecule has 26 heavy (non-hydrogen) atoms. The molecule has 2 saturated heterocycles. The maximum absolute atomic E-state index is 13.3. The van der Waals surface area contributed by atoms with Gasteiger partial charge in [0.15, 0.2) is 0 Å². The number of allylic oxidation sites excluding steroid dienone is 1. The van der Waals surface area contributed by atoms with Crippen molar-refractivity contribution < 1.29 is 19.1 Å². The molecular weight excluding hydrogens is 332 g/mol. The van der Waals surface area contributed by atoms with Crippen molar-refractivity contribution >= 4 is 17.8 Å². The van der Waals surface area contributed by atoms with E-state index in [1.807, 2.05) is 9.80 Å². The molecule has 4 aliphatic rings. The molecule has 4 rings (SSSR count). The standard InChI is InChI=1S/C20H28N2O4/c1-2-26-19(25)20-9-5-7-14-8-6-12-22(17(14)20)18(24)15(20)13-16(23)21-10-3-4-11-21/h15H,2-13H2,1H3/t15-,20-/m1/s1. The van der Waals surface area contributed by atoms with Crippen LogP contribution in [0.25, 0.3) is 0 Å². The number of likely N-dealkylation sites (tertiary alicyclic amines) is 1. The van der Waals surface area contributed by atoms with Crippen LogP contribution in [0.3, 0.4) is 0 Å². The monoisotopic (exact) mass is 360 g/mol. The van der Waals surface area contributed by atoms with Gasteiger partial charge in [-0.2, -0.15) is 0 Å². The van der Waals surface area contributed by atoms with E-state index >= 15 is 0 Å². The highest BCUT2D eigenvalue weighted by molar-refractivity contribution is 5.99. The highest BCUT2D eigenvalue weighted by Gasteiger charge is 2.63. The van der Waals surface area contributed by atoms with Gasteiger partial charge in [0.25, 0.3) is 0 Å². The van der Waals surface area contributed by atoms with Crippen molar-refractivity contribution in [3.05, 3.63) is 11.3 Å². The number of hydrogen-bond donors (Lipinski definition) is 0. The second-order valence-corrected chi connectivity index (χ2v) is 7.94. The number of carbonyl (C=O) groups excluding carboxylic acids is 3. The molecule has 2 fully saturated rings. The van der Waals surface area contributed by atoms with Crippen LogP contribution < -0.4 is 0 Å². The van der Waals surface area contributed by atoms with E-state index in [0.29, 0.717) is 19.6 Å². The molecule has 2 atom stereocenters. The van der Waals surface area contributed by atoms with Crippen molar-refractivity contribution in [2.75, 3.05) is 26.2 Å². The molecule has 6 nitrogen and oxygen atoms in total. The first-order valence-electron chi connectivity index (χ1n) is 10.1. The quantitative estimate of drug-likeness (QED) is 0.721. The molecule has 0 N–H and O–H groups in total. The van der Waals surface area contributed by atoms with E-state index in [2.05, 4.69) is 0 Å². The van der Waals surface area contributed by atoms with Gasteiger partial charge < -0.3 is 14.5 Å². The van der Waals surface area contributed by atoms with E-state index in [1.165, 1.54) is 5.57 Å². The summed E-state index contributed by atoms with van der Waals surface area (Å²) < 4.78 is 5.46. The lowest BCUT2D eigenvalue weighted by Gasteiger charge is -2.40. The minimum Gasteiger partial charge on any atom is -0.465 e. The second-order valence-electron chi connectivity index (χ2n) is 7.94. The lowest BCUT2D eigenvalue weighted by molar-refractivity contribution is -0.158. The summed E-state index contributed by atoms with van der Waals surface area (Å²) in [5.74, 6) is -0.931. The minimum absolute atomic E-state index is 0.0112. The number of rotatable bonds is 4. The fourth-order valence-electron chi connectivity index (χ4n) is 5.46. The Morgan fingerprint density at radius 3 is 2.58 bits per heavy atom. The van der Waals surface area contributed by atoms with E-state index in [4.69, 9.17) is 4.74 Å². The minimum atomic E-state index is -0.934. The van der Waals surface area contributed by atoms with Crippen LogP contribution >= 0.6 is 0 Å². The molecule has 2 amide bonds. The molecule has 6 heteroatoms. The topological polar surface area (TPSA) is 66.9 Å². The Labute approximate surface area is 154 Å². The van der Waals surface area contributed by atoms with Crippen molar-refractivity contribution in [1.29, 1.82) is 0 Å². The average molecular weight is 360 g/mol. The van der Waals surface area contributed by atoms with Crippen LogP contribution in [0.1, 0.15) is 58.3 Å². The molecule has 0 unspecified atom stereocenters. The van der Waals surface area contributed by atoms with Crippen molar-refractivity contribution in [3.63, 3.8) is 0 Å². The largest absolute Gasteiger partial charge is 0.465 e. The van der Waals surface area contributed by atoms with E-state index < -0.39 is 11.3 Å². The third-order valence-electron chi connectivity index (χ3n) is 6.57. The van der Waals surface area contributed by atoms with Crippen LogP contribution in [0, 0.1) is 11.3 Å². The van der Waals surface area contributed by atoms with Gasteiger partial charge >= 0.3 is 5.97 Å². The molecule has 0 saturated carbocycles. The smallest absolute Gasteiger partial charge is 0.318 e. The lowest BCUT2D eigenvalue weighted by Crippen LogP contribution is -2.44. The van der Waals surface area contributed by atoms with E-state index in [9.17, 15) is 14.4 Å². The predicted molar refractivity (Wildman–Crippen MR) is 94.8 cm³/mol. The van der Waals surface area contributed by atoms with Gasteiger partial charge in [0, 0.05) is 31.8 Å². The molecule has 3 heterocycles. The van der Waals surface area contributed by atoms with Crippen LogP contribution in [0.5, 0.6) is 0 Å². The van der Waals surface area contributed by atoms with Crippen molar-refractivity contribution in [2.24, 2.45) is 11.3 Å². The molecule has 1 aliphatic carbocycles. The van der Waals surface area contributed by atoms with E-state index in [-0.39, 0.29) is 24.2 Å². The van der Waals surface area contributed by atoms with Crippen molar-refractivity contribution in [1.82, 2.24) is 9.80 Å². The van der Waals surface area contributed by atoms with Crippen LogP contribution in [0.15, 0.2) is 11.3 Å². The molecule has 142 valence electrons. The van der Waals surface area contributed by atoms with Crippen molar-refractivity contribution in [2.45, 2.75) is 58.3 Å². The first-order chi connectivity index (χ1) is 12.6. The first kappa shape index (κ1) is 17.6. The van der Waals surface area contributed by atoms with Crippen LogP contribution in [-0.4, -0.2) is 53.8 Å². The highest BCUT2D eigenvalue weighted by Crippen LogP contribution is 2.57. The van der Waals surface area contributed by atoms with Gasteiger partial charge in [-0.05, 0) is 57.4 Å². The third-order valence-corrected chi connectivity index (χ3v) is 6.57. The fourth-order valence-corrected chi connectivity index (χ4v) is 5.46. The molecule has 0 spiro atoms. The third kappa shape index (κ3) is 2.48. The maximum Gasteiger partial charge on any atom is 0.318 e. The van der Waals surface area contributed by atoms with Gasteiger partial charge in [-0.1, -0.05) is 0 Å². The summed E-state index contributed by atoms with van der Waals surface area (Å²) in [7, 11) is 0. The van der Waals surface area contributed by atoms with Gasteiger partial charge in [-0.25, -0.2) is 0 Å². The Morgan fingerprint density at radius 1 is 1.12 bits per heavy atom. The van der Waals surface area contributed by atoms with Crippen molar-refractivity contribution in [3.8, 4) is 0 Å². The van der Waals surface area contributed by atoms with Crippen LogP contribution in [0.4, 0.5) is 0 Å². The molecule has 0 radical (unpaired) electrons. The normalized spacial score (nSPS) is 30.7. The highest BCUT2D eigenvalue weighted by atomic mass is 16.5. The zero-order valence-electron chi connectivity index (χ0n) is 15.6. The van der Waals surface area contributed by atoms with Crippen LogP contribution in [0.2, 0.25) is 0 Å². The van der Waals surface area contributed by atoms with E-state index in [1.54, 1.807) is 6.92 Å².